The summed E-state index contributed by atoms with van der Waals surface area (Å²) in [5.74, 6) is 0.507. The Morgan fingerprint density at radius 2 is 1.73 bits per heavy atom. The van der Waals surface area contributed by atoms with E-state index in [0.717, 1.165) is 0 Å². The number of hydrogen-bond acceptors (Lipinski definition) is 2. The van der Waals surface area contributed by atoms with Gasteiger partial charge in [-0.2, -0.15) is 0 Å². The van der Waals surface area contributed by atoms with Crippen LogP contribution in [0.1, 0.15) is 59.8 Å². The van der Waals surface area contributed by atoms with Gasteiger partial charge in [-0.05, 0) is 19.3 Å². The van der Waals surface area contributed by atoms with Gasteiger partial charge in [0.05, 0.1) is 6.61 Å². The fourth-order valence-corrected chi connectivity index (χ4v) is 1.78. The molecule has 92 valence electrons. The van der Waals surface area contributed by atoms with E-state index < -0.39 is 0 Å². The van der Waals surface area contributed by atoms with Crippen LogP contribution >= 0.6 is 0 Å². The largest absolute Gasteiger partial charge is 0.395 e. The van der Waals surface area contributed by atoms with Gasteiger partial charge in [0.2, 0.25) is 0 Å². The van der Waals surface area contributed by atoms with E-state index in [1.54, 1.807) is 0 Å². The van der Waals surface area contributed by atoms with Crippen molar-refractivity contribution in [2.24, 2.45) is 5.92 Å². The molecule has 0 aliphatic rings. The molecule has 0 radical (unpaired) electrons. The van der Waals surface area contributed by atoms with Gasteiger partial charge in [-0.15, -0.1) is 0 Å². The third-order valence-electron chi connectivity index (χ3n) is 2.99. The number of aliphatic hydroxyl groups is 1. The van der Waals surface area contributed by atoms with Crippen LogP contribution in [0.2, 0.25) is 0 Å². The number of unbranched alkanes of at least 4 members (excludes halogenated alkanes) is 3. The summed E-state index contributed by atoms with van der Waals surface area (Å²) < 4.78 is 0. The van der Waals surface area contributed by atoms with Gasteiger partial charge in [0.25, 0.3) is 0 Å². The maximum atomic E-state index is 9.19. The first-order valence-corrected chi connectivity index (χ1v) is 6.48. The van der Waals surface area contributed by atoms with E-state index in [2.05, 4.69) is 33.0 Å². The summed E-state index contributed by atoms with van der Waals surface area (Å²) in [6, 6.07) is 0.785. The molecule has 1 unspecified atom stereocenters. The predicted octanol–water partition coefficient (Wildman–Crippen LogP) is 2.95. The van der Waals surface area contributed by atoms with Crippen molar-refractivity contribution in [1.29, 1.82) is 0 Å². The maximum absolute atomic E-state index is 9.19. The van der Waals surface area contributed by atoms with Crippen molar-refractivity contribution in [3.63, 3.8) is 0 Å². The molecule has 0 saturated carbocycles. The molecule has 0 aromatic rings. The van der Waals surface area contributed by atoms with Crippen LogP contribution in [0.25, 0.3) is 0 Å². The minimum absolute atomic E-state index is 0.247. The lowest BCUT2D eigenvalue weighted by atomic mass is 10.0. The molecule has 2 heteroatoms. The first-order chi connectivity index (χ1) is 7.11. The van der Waals surface area contributed by atoms with Crippen molar-refractivity contribution in [3.8, 4) is 0 Å². The molecule has 15 heavy (non-hydrogen) atoms. The normalized spacial score (nSPS) is 15.6. The SMILES string of the molecule is CCCCCCC(C)N[C@H](CO)C(C)C. The Morgan fingerprint density at radius 1 is 1.07 bits per heavy atom. The molecule has 0 aromatic heterocycles. The lowest BCUT2D eigenvalue weighted by Gasteiger charge is -2.24. The molecule has 0 bridgehead atoms. The first kappa shape index (κ1) is 14.9. The van der Waals surface area contributed by atoms with Gasteiger partial charge < -0.3 is 10.4 Å². The van der Waals surface area contributed by atoms with Crippen molar-refractivity contribution < 1.29 is 5.11 Å². The van der Waals surface area contributed by atoms with Gasteiger partial charge in [-0.3, -0.25) is 0 Å². The molecule has 0 aliphatic heterocycles. The van der Waals surface area contributed by atoms with Crippen LogP contribution in [-0.2, 0) is 0 Å². The molecule has 0 rings (SSSR count). The summed E-state index contributed by atoms with van der Waals surface area (Å²) in [5.41, 5.74) is 0. The summed E-state index contributed by atoms with van der Waals surface area (Å²) in [6.07, 6.45) is 6.52. The zero-order valence-corrected chi connectivity index (χ0v) is 10.9. The van der Waals surface area contributed by atoms with Crippen LogP contribution < -0.4 is 5.32 Å². The second kappa shape index (κ2) is 9.17. The highest BCUT2D eigenvalue weighted by molar-refractivity contribution is 4.73. The van der Waals surface area contributed by atoms with Crippen molar-refractivity contribution in [2.75, 3.05) is 6.61 Å². The van der Waals surface area contributed by atoms with E-state index >= 15 is 0 Å². The summed E-state index contributed by atoms with van der Waals surface area (Å²) in [4.78, 5) is 0. The lowest BCUT2D eigenvalue weighted by molar-refractivity contribution is 0.198. The van der Waals surface area contributed by atoms with Crippen LogP contribution in [-0.4, -0.2) is 23.8 Å². The fraction of sp³-hybridized carbons (Fsp3) is 1.00. The zero-order chi connectivity index (χ0) is 11.7. The Kier molecular flexibility index (Phi) is 9.12. The van der Waals surface area contributed by atoms with E-state index in [1.807, 2.05) is 0 Å². The molecule has 0 heterocycles. The van der Waals surface area contributed by atoms with Crippen molar-refractivity contribution in [3.05, 3.63) is 0 Å². The number of rotatable bonds is 9. The summed E-state index contributed by atoms with van der Waals surface area (Å²) >= 11 is 0. The van der Waals surface area contributed by atoms with Crippen LogP contribution in [0.15, 0.2) is 0 Å². The second-order valence-electron chi connectivity index (χ2n) is 4.95. The molecule has 0 aromatic carbocycles. The average molecular weight is 215 g/mol. The van der Waals surface area contributed by atoms with Gasteiger partial charge >= 0.3 is 0 Å². The smallest absolute Gasteiger partial charge is 0.0587 e. The molecule has 2 nitrogen and oxygen atoms in total. The molecule has 0 amide bonds. The monoisotopic (exact) mass is 215 g/mol. The minimum Gasteiger partial charge on any atom is -0.395 e. The van der Waals surface area contributed by atoms with Gasteiger partial charge in [-0.25, -0.2) is 0 Å². The fourth-order valence-electron chi connectivity index (χ4n) is 1.78. The highest BCUT2D eigenvalue weighted by Crippen LogP contribution is 2.08. The van der Waals surface area contributed by atoms with Gasteiger partial charge in [0, 0.05) is 12.1 Å². The van der Waals surface area contributed by atoms with Gasteiger partial charge in [-0.1, -0.05) is 46.5 Å². The maximum Gasteiger partial charge on any atom is 0.0587 e. The molecule has 0 fully saturated rings. The third-order valence-corrected chi connectivity index (χ3v) is 2.99. The Morgan fingerprint density at radius 3 is 2.20 bits per heavy atom. The highest BCUT2D eigenvalue weighted by Gasteiger charge is 2.14. The number of hydrogen-bond donors (Lipinski definition) is 2. The Hall–Kier alpha value is -0.0800. The predicted molar refractivity (Wildman–Crippen MR) is 67.1 cm³/mol. The van der Waals surface area contributed by atoms with Crippen molar-refractivity contribution in [2.45, 2.75) is 71.9 Å². The van der Waals surface area contributed by atoms with E-state index in [-0.39, 0.29) is 12.6 Å². The summed E-state index contributed by atoms with van der Waals surface area (Å²) in [5, 5.41) is 12.7. The average Bonchev–Trinajstić information content (AvgIpc) is 2.20. The Labute approximate surface area is 95.5 Å². The van der Waals surface area contributed by atoms with Crippen molar-refractivity contribution >= 4 is 0 Å². The third kappa shape index (κ3) is 7.80. The van der Waals surface area contributed by atoms with Crippen LogP contribution in [0.3, 0.4) is 0 Å². The van der Waals surface area contributed by atoms with Crippen molar-refractivity contribution in [1.82, 2.24) is 5.32 Å². The Balaban J connectivity index is 3.57. The van der Waals surface area contributed by atoms with Crippen LogP contribution in [0.4, 0.5) is 0 Å². The van der Waals surface area contributed by atoms with E-state index in [4.69, 9.17) is 0 Å². The summed E-state index contributed by atoms with van der Waals surface area (Å²) in [6.45, 7) is 9.01. The number of nitrogens with one attached hydrogen (secondary N) is 1. The van der Waals surface area contributed by atoms with E-state index in [1.165, 1.54) is 32.1 Å². The molecule has 2 N–H and O–H groups in total. The van der Waals surface area contributed by atoms with E-state index in [0.29, 0.717) is 12.0 Å². The first-order valence-electron chi connectivity index (χ1n) is 6.48. The van der Waals surface area contributed by atoms with Crippen LogP contribution in [0.5, 0.6) is 0 Å². The molecule has 0 aliphatic carbocycles. The second-order valence-corrected chi connectivity index (χ2v) is 4.95. The molecular formula is C13H29NO. The molecule has 0 spiro atoms. The summed E-state index contributed by atoms with van der Waals surface area (Å²) in [7, 11) is 0. The highest BCUT2D eigenvalue weighted by atomic mass is 16.3. The quantitative estimate of drug-likeness (QED) is 0.580. The standard InChI is InChI=1S/C13H29NO/c1-5-6-7-8-9-12(4)14-13(10-15)11(2)3/h11-15H,5-10H2,1-4H3/t12?,13-/m1/s1. The lowest BCUT2D eigenvalue weighted by Crippen LogP contribution is -2.42. The molecule has 2 atom stereocenters. The molecule has 0 saturated heterocycles. The zero-order valence-electron chi connectivity index (χ0n) is 10.9. The van der Waals surface area contributed by atoms with Crippen LogP contribution in [0, 0.1) is 5.92 Å². The number of aliphatic hydroxyl groups excluding tert-OH is 1. The minimum atomic E-state index is 0.247. The van der Waals surface area contributed by atoms with Gasteiger partial charge in [0.1, 0.15) is 0 Å². The Bertz CT molecular complexity index is 136. The van der Waals surface area contributed by atoms with E-state index in [9.17, 15) is 5.11 Å². The topological polar surface area (TPSA) is 32.3 Å². The molecular weight excluding hydrogens is 186 g/mol. The van der Waals surface area contributed by atoms with Gasteiger partial charge in [0.15, 0.2) is 0 Å².